The van der Waals surface area contributed by atoms with Gasteiger partial charge < -0.3 is 25.4 Å². The fourth-order valence-corrected chi connectivity index (χ4v) is 4.38. The van der Waals surface area contributed by atoms with Crippen LogP contribution in [0.15, 0.2) is 42.7 Å². The van der Waals surface area contributed by atoms with Crippen molar-refractivity contribution in [1.82, 2.24) is 15.0 Å². The summed E-state index contributed by atoms with van der Waals surface area (Å²) in [7, 11) is 0. The van der Waals surface area contributed by atoms with Gasteiger partial charge in [-0.1, -0.05) is 6.07 Å². The quantitative estimate of drug-likeness (QED) is 0.411. The van der Waals surface area contributed by atoms with E-state index in [-0.39, 0.29) is 12.5 Å². The van der Waals surface area contributed by atoms with E-state index in [0.29, 0.717) is 54.8 Å². The molecule has 0 saturated carbocycles. The van der Waals surface area contributed by atoms with E-state index in [2.05, 4.69) is 26.6 Å². The first-order chi connectivity index (χ1) is 18.2. The number of aliphatic hydroxyl groups is 1. The molecule has 38 heavy (non-hydrogen) atoms. The summed E-state index contributed by atoms with van der Waals surface area (Å²) in [5.74, 6) is 0.794. The average molecular weight is 516 g/mol. The molecular weight excluding hydrogens is 482 g/mol. The van der Waals surface area contributed by atoms with E-state index in [0.717, 1.165) is 16.9 Å². The molecule has 10 nitrogen and oxygen atoms in total. The Kier molecular flexibility index (Phi) is 8.20. The fourth-order valence-electron chi connectivity index (χ4n) is 4.38. The fraction of sp³-hybridized carbons (Fsp3) is 0.393. The number of pyridine rings is 1. The van der Waals surface area contributed by atoms with Gasteiger partial charge in [0.2, 0.25) is 5.95 Å². The lowest BCUT2D eigenvalue weighted by Crippen LogP contribution is -2.37. The number of aryl methyl sites for hydroxylation is 1. The smallest absolute Gasteiger partial charge is 0.255 e. The number of amides is 1. The number of nitrogens with zero attached hydrogens (tertiary/aromatic N) is 5. The summed E-state index contributed by atoms with van der Waals surface area (Å²) < 4.78 is 5.52. The number of benzene rings is 1. The minimum atomic E-state index is -0.959. The van der Waals surface area contributed by atoms with Crippen molar-refractivity contribution in [2.45, 2.75) is 39.2 Å². The van der Waals surface area contributed by atoms with Gasteiger partial charge in [0.1, 0.15) is 5.82 Å². The van der Waals surface area contributed by atoms with Crippen molar-refractivity contribution in [3.63, 3.8) is 0 Å². The highest BCUT2D eigenvalue weighted by atomic mass is 16.5. The van der Waals surface area contributed by atoms with Crippen molar-refractivity contribution in [3.8, 4) is 17.3 Å². The van der Waals surface area contributed by atoms with Crippen molar-refractivity contribution in [3.05, 3.63) is 59.4 Å². The highest BCUT2D eigenvalue weighted by Gasteiger charge is 2.30. The third-order valence-electron chi connectivity index (χ3n) is 6.37. The molecule has 0 unspecified atom stereocenters. The van der Waals surface area contributed by atoms with Crippen molar-refractivity contribution in [2.24, 2.45) is 0 Å². The largest absolute Gasteiger partial charge is 0.392 e. The van der Waals surface area contributed by atoms with Crippen LogP contribution in [0, 0.1) is 18.3 Å². The molecule has 0 aliphatic carbocycles. The summed E-state index contributed by atoms with van der Waals surface area (Å²) in [5.41, 5.74) is 2.97. The molecule has 1 saturated heterocycles. The molecule has 1 fully saturated rings. The molecule has 3 aromatic rings. The molecule has 0 bridgehead atoms. The minimum Gasteiger partial charge on any atom is -0.392 e. The van der Waals surface area contributed by atoms with E-state index in [9.17, 15) is 15.2 Å². The maximum Gasteiger partial charge on any atom is 0.255 e. The molecule has 1 amide bonds. The topological polar surface area (TPSA) is 136 Å². The van der Waals surface area contributed by atoms with Crippen LogP contribution in [0.5, 0.6) is 0 Å². The van der Waals surface area contributed by atoms with E-state index < -0.39 is 11.5 Å². The van der Waals surface area contributed by atoms with Crippen LogP contribution in [-0.4, -0.2) is 64.9 Å². The maximum absolute atomic E-state index is 13.1. The standard InChI is InChI=1S/C28H33N7O3/c1-18-5-6-21(32-26(37)20-7-9-30-10-8-20)25(28(3,4)17-29)24(18)22-15-23(35-11-13-38-14-12-35)34-27(33-22)31-16-19(2)36/h5-10,15,19,36H,11-14,16H2,1-4H3,(H,32,37)(H,31,33,34)/t19-/m1/s1. The van der Waals surface area contributed by atoms with Crippen molar-refractivity contribution in [2.75, 3.05) is 48.4 Å². The number of carbonyl (C=O) groups excluding carboxylic acids is 1. The second kappa shape index (κ2) is 11.5. The lowest BCUT2D eigenvalue weighted by Gasteiger charge is -2.29. The summed E-state index contributed by atoms with van der Waals surface area (Å²) >= 11 is 0. The van der Waals surface area contributed by atoms with Crippen LogP contribution in [0.3, 0.4) is 0 Å². The Morgan fingerprint density at radius 2 is 1.92 bits per heavy atom. The Morgan fingerprint density at radius 1 is 1.21 bits per heavy atom. The van der Waals surface area contributed by atoms with E-state index in [4.69, 9.17) is 14.7 Å². The molecule has 4 rings (SSSR count). The van der Waals surface area contributed by atoms with Crippen molar-refractivity contribution >= 4 is 23.4 Å². The number of hydrogen-bond acceptors (Lipinski definition) is 9. The number of hydrogen-bond donors (Lipinski definition) is 3. The second-order valence-electron chi connectivity index (χ2n) is 9.87. The van der Waals surface area contributed by atoms with Gasteiger partial charge in [-0.05, 0) is 51.5 Å². The highest BCUT2D eigenvalue weighted by molar-refractivity contribution is 6.05. The summed E-state index contributed by atoms with van der Waals surface area (Å²) in [6, 6.07) is 11.3. The van der Waals surface area contributed by atoms with E-state index in [1.54, 1.807) is 31.5 Å². The van der Waals surface area contributed by atoms with Gasteiger partial charge in [0, 0.05) is 60.5 Å². The zero-order chi connectivity index (χ0) is 27.3. The van der Waals surface area contributed by atoms with Crippen LogP contribution in [0.1, 0.15) is 42.3 Å². The molecule has 1 atom stereocenters. The van der Waals surface area contributed by atoms with Gasteiger partial charge in [0.05, 0.1) is 36.5 Å². The Morgan fingerprint density at radius 3 is 2.58 bits per heavy atom. The van der Waals surface area contributed by atoms with Crippen LogP contribution in [-0.2, 0) is 10.2 Å². The van der Waals surface area contributed by atoms with Gasteiger partial charge in [0.15, 0.2) is 0 Å². The lowest BCUT2D eigenvalue weighted by atomic mass is 9.79. The molecule has 10 heteroatoms. The Hall–Kier alpha value is -4.07. The summed E-state index contributed by atoms with van der Waals surface area (Å²) in [6.45, 7) is 10.1. The van der Waals surface area contributed by atoms with Crippen LogP contribution in [0.2, 0.25) is 0 Å². The number of carbonyl (C=O) groups is 1. The van der Waals surface area contributed by atoms with Crippen LogP contribution in [0.25, 0.3) is 11.3 Å². The van der Waals surface area contributed by atoms with E-state index >= 15 is 0 Å². The Labute approximate surface area is 222 Å². The van der Waals surface area contributed by atoms with Gasteiger partial charge >= 0.3 is 0 Å². The maximum atomic E-state index is 13.1. The van der Waals surface area contributed by atoms with Gasteiger partial charge in [0.25, 0.3) is 5.91 Å². The van der Waals surface area contributed by atoms with Gasteiger partial charge in [-0.3, -0.25) is 9.78 Å². The summed E-state index contributed by atoms with van der Waals surface area (Å²) in [5, 5.41) is 26.1. The van der Waals surface area contributed by atoms with Gasteiger partial charge in [-0.15, -0.1) is 0 Å². The molecule has 1 aliphatic rings. The molecule has 3 N–H and O–H groups in total. The average Bonchev–Trinajstić information content (AvgIpc) is 2.93. The molecule has 2 aromatic heterocycles. The number of nitriles is 1. The highest BCUT2D eigenvalue weighted by Crippen LogP contribution is 2.41. The number of morpholine rings is 1. The van der Waals surface area contributed by atoms with Crippen molar-refractivity contribution in [1.29, 1.82) is 5.26 Å². The summed E-state index contributed by atoms with van der Waals surface area (Å²) in [6.07, 6.45) is 2.53. The normalized spacial score (nSPS) is 14.5. The third-order valence-corrected chi connectivity index (χ3v) is 6.37. The molecule has 1 aliphatic heterocycles. The van der Waals surface area contributed by atoms with E-state index in [1.165, 1.54) is 0 Å². The van der Waals surface area contributed by atoms with Crippen LogP contribution < -0.4 is 15.5 Å². The number of aromatic nitrogens is 3. The first-order valence-corrected chi connectivity index (χ1v) is 12.6. The Balaban J connectivity index is 1.88. The monoisotopic (exact) mass is 515 g/mol. The second-order valence-corrected chi connectivity index (χ2v) is 9.87. The third kappa shape index (κ3) is 6.07. The van der Waals surface area contributed by atoms with Crippen LogP contribution in [0.4, 0.5) is 17.5 Å². The first-order valence-electron chi connectivity index (χ1n) is 12.6. The number of ether oxygens (including phenoxy) is 1. The van der Waals surface area contributed by atoms with Gasteiger partial charge in [-0.2, -0.15) is 10.2 Å². The Bertz CT molecular complexity index is 1330. The number of rotatable bonds is 8. The molecule has 3 heterocycles. The first kappa shape index (κ1) is 27.0. The predicted molar refractivity (Wildman–Crippen MR) is 146 cm³/mol. The number of anilines is 3. The molecule has 0 spiro atoms. The van der Waals surface area contributed by atoms with Crippen molar-refractivity contribution < 1.29 is 14.6 Å². The number of aliphatic hydroxyl groups excluding tert-OH is 1. The van der Waals surface area contributed by atoms with Crippen LogP contribution >= 0.6 is 0 Å². The van der Waals surface area contributed by atoms with Gasteiger partial charge in [-0.25, -0.2) is 4.98 Å². The minimum absolute atomic E-state index is 0.281. The zero-order valence-electron chi connectivity index (χ0n) is 22.2. The zero-order valence-corrected chi connectivity index (χ0v) is 22.2. The summed E-state index contributed by atoms with van der Waals surface area (Å²) in [4.78, 5) is 28.7. The molecule has 198 valence electrons. The SMILES string of the molecule is Cc1ccc(NC(=O)c2ccncc2)c(C(C)(C)C#N)c1-c1cc(N2CCOCC2)nc(NC[C@@H](C)O)n1. The molecule has 1 aromatic carbocycles. The van der Waals surface area contributed by atoms with E-state index in [1.807, 2.05) is 39.0 Å². The molecule has 0 radical (unpaired) electrons. The predicted octanol–water partition coefficient (Wildman–Crippen LogP) is 3.53. The number of nitrogens with one attached hydrogen (secondary N) is 2. The lowest BCUT2D eigenvalue weighted by molar-refractivity contribution is 0.102. The molecular formula is C28H33N7O3.